The minimum absolute atomic E-state index is 0.0271. The molecule has 1 heterocycles. The van der Waals surface area contributed by atoms with E-state index in [0.29, 0.717) is 13.0 Å². The lowest BCUT2D eigenvalue weighted by molar-refractivity contribution is -0.124. The number of hydrogen-bond acceptors (Lipinski definition) is 3. The molecule has 1 saturated heterocycles. The number of alkyl halides is 3. The number of nitrogens with one attached hydrogen (secondary N) is 3. The maximum absolute atomic E-state index is 12.3. The molecule has 5 nitrogen and oxygen atoms in total. The number of hydrogen-bond donors (Lipinski definition) is 3. The molecule has 0 saturated carbocycles. The maximum atomic E-state index is 12.3. The molecule has 3 amide bonds. The van der Waals surface area contributed by atoms with Gasteiger partial charge in [-0.25, -0.2) is 4.79 Å². The minimum Gasteiger partial charge on any atom is -0.354 e. The highest BCUT2D eigenvalue weighted by atomic mass is 32.2. The van der Waals surface area contributed by atoms with Crippen LogP contribution in [0.3, 0.4) is 0 Å². The van der Waals surface area contributed by atoms with Crippen molar-refractivity contribution < 1.29 is 22.8 Å². The van der Waals surface area contributed by atoms with Crippen LogP contribution in [0.25, 0.3) is 0 Å². The molecule has 1 aromatic rings. The summed E-state index contributed by atoms with van der Waals surface area (Å²) in [6.45, 7) is 0.579. The lowest BCUT2D eigenvalue weighted by atomic mass is 10.1. The van der Waals surface area contributed by atoms with E-state index in [2.05, 4.69) is 16.0 Å². The van der Waals surface area contributed by atoms with E-state index in [1.54, 1.807) is 0 Å². The largest absolute Gasteiger partial charge is 0.446 e. The first-order valence-electron chi connectivity index (χ1n) is 6.54. The van der Waals surface area contributed by atoms with Crippen LogP contribution >= 0.6 is 11.8 Å². The van der Waals surface area contributed by atoms with Gasteiger partial charge in [0.2, 0.25) is 5.91 Å². The fourth-order valence-corrected chi connectivity index (χ4v) is 2.61. The average Bonchev–Trinajstić information content (AvgIpc) is 2.40. The van der Waals surface area contributed by atoms with Crippen molar-refractivity contribution in [2.45, 2.75) is 29.3 Å². The molecule has 0 bridgehead atoms. The second kappa shape index (κ2) is 6.91. The Morgan fingerprint density at radius 1 is 1.36 bits per heavy atom. The van der Waals surface area contributed by atoms with Crippen LogP contribution in [0.4, 0.5) is 23.7 Å². The van der Waals surface area contributed by atoms with E-state index in [4.69, 9.17) is 0 Å². The standard InChI is InChI=1S/C13H14F3N3O2S/c14-13(15,16)22-9-4-1-3-8(7-9)18-12(21)19-10-5-2-6-17-11(10)20/h1,3-4,7,10H,2,5-6H2,(H,17,20)(H2,18,19,21). The van der Waals surface area contributed by atoms with E-state index < -0.39 is 17.6 Å². The molecule has 0 radical (unpaired) electrons. The number of rotatable bonds is 3. The summed E-state index contributed by atoms with van der Waals surface area (Å²) in [5, 5.41) is 7.55. The molecule has 1 aliphatic heterocycles. The molecule has 0 aliphatic carbocycles. The van der Waals surface area contributed by atoms with Gasteiger partial charge in [0.25, 0.3) is 0 Å². The summed E-state index contributed by atoms with van der Waals surface area (Å²) >= 11 is -0.258. The van der Waals surface area contributed by atoms with Gasteiger partial charge < -0.3 is 16.0 Å². The fourth-order valence-electron chi connectivity index (χ4n) is 2.01. The van der Waals surface area contributed by atoms with Gasteiger partial charge in [0, 0.05) is 17.1 Å². The number of anilines is 1. The van der Waals surface area contributed by atoms with E-state index in [1.807, 2.05) is 0 Å². The van der Waals surface area contributed by atoms with Crippen molar-refractivity contribution in [3.63, 3.8) is 0 Å². The lowest BCUT2D eigenvalue weighted by Gasteiger charge is -2.22. The van der Waals surface area contributed by atoms with E-state index >= 15 is 0 Å². The van der Waals surface area contributed by atoms with Gasteiger partial charge in [0.05, 0.1) is 0 Å². The van der Waals surface area contributed by atoms with Crippen molar-refractivity contribution in [2.75, 3.05) is 11.9 Å². The van der Waals surface area contributed by atoms with Crippen molar-refractivity contribution in [1.82, 2.24) is 10.6 Å². The average molecular weight is 333 g/mol. The number of benzene rings is 1. The summed E-state index contributed by atoms with van der Waals surface area (Å²) in [5.41, 5.74) is -4.16. The number of halogens is 3. The first-order valence-corrected chi connectivity index (χ1v) is 7.36. The van der Waals surface area contributed by atoms with Crippen LogP contribution in [-0.4, -0.2) is 30.0 Å². The molecule has 1 unspecified atom stereocenters. The first-order chi connectivity index (χ1) is 10.3. The molecule has 2 rings (SSSR count). The van der Waals surface area contributed by atoms with Crippen LogP contribution < -0.4 is 16.0 Å². The van der Waals surface area contributed by atoms with Gasteiger partial charge in [-0.2, -0.15) is 13.2 Å². The Hall–Kier alpha value is -1.90. The third-order valence-electron chi connectivity index (χ3n) is 2.92. The van der Waals surface area contributed by atoms with E-state index in [1.165, 1.54) is 24.3 Å². The predicted molar refractivity (Wildman–Crippen MR) is 76.5 cm³/mol. The molecule has 0 spiro atoms. The van der Waals surface area contributed by atoms with Gasteiger partial charge in [0.1, 0.15) is 6.04 Å². The molecular formula is C13H14F3N3O2S. The summed E-state index contributed by atoms with van der Waals surface area (Å²) in [4.78, 5) is 23.3. The first kappa shape index (κ1) is 16.5. The Morgan fingerprint density at radius 2 is 2.14 bits per heavy atom. The Morgan fingerprint density at radius 3 is 2.82 bits per heavy atom. The highest BCUT2D eigenvalue weighted by Crippen LogP contribution is 2.37. The molecule has 9 heteroatoms. The third kappa shape index (κ3) is 5.14. The lowest BCUT2D eigenvalue weighted by Crippen LogP contribution is -2.51. The highest BCUT2D eigenvalue weighted by Gasteiger charge is 2.29. The Kier molecular flexibility index (Phi) is 5.17. The Bertz CT molecular complexity index is 566. The molecule has 0 aromatic heterocycles. The number of amides is 3. The third-order valence-corrected chi connectivity index (χ3v) is 3.64. The normalized spacial score (nSPS) is 18.5. The van der Waals surface area contributed by atoms with Gasteiger partial charge in [-0.1, -0.05) is 6.07 Å². The quantitative estimate of drug-likeness (QED) is 0.745. The number of urea groups is 1. The van der Waals surface area contributed by atoms with Crippen LogP contribution in [0.5, 0.6) is 0 Å². The zero-order valence-electron chi connectivity index (χ0n) is 11.4. The van der Waals surface area contributed by atoms with Crippen molar-refractivity contribution in [1.29, 1.82) is 0 Å². The van der Waals surface area contributed by atoms with Crippen LogP contribution in [0.2, 0.25) is 0 Å². The highest BCUT2D eigenvalue weighted by molar-refractivity contribution is 8.00. The fraction of sp³-hybridized carbons (Fsp3) is 0.385. The van der Waals surface area contributed by atoms with Crippen LogP contribution in [0, 0.1) is 0 Å². The Labute approximate surface area is 129 Å². The molecule has 1 aromatic carbocycles. The SMILES string of the molecule is O=C(Nc1cccc(SC(F)(F)F)c1)NC1CCCNC1=O. The molecule has 1 aliphatic rings. The smallest absolute Gasteiger partial charge is 0.354 e. The maximum Gasteiger partial charge on any atom is 0.446 e. The minimum atomic E-state index is -4.39. The number of thioether (sulfide) groups is 1. The van der Waals surface area contributed by atoms with Crippen LogP contribution in [0.15, 0.2) is 29.2 Å². The molecule has 120 valence electrons. The zero-order valence-corrected chi connectivity index (χ0v) is 12.2. The van der Waals surface area contributed by atoms with E-state index in [0.717, 1.165) is 6.42 Å². The molecule has 1 atom stereocenters. The van der Waals surface area contributed by atoms with Gasteiger partial charge in [-0.3, -0.25) is 4.79 Å². The second-order valence-corrected chi connectivity index (χ2v) is 5.80. The summed E-state index contributed by atoms with van der Waals surface area (Å²) in [7, 11) is 0. The number of carbonyl (C=O) groups excluding carboxylic acids is 2. The van der Waals surface area contributed by atoms with Gasteiger partial charge in [-0.15, -0.1) is 0 Å². The number of piperidine rings is 1. The van der Waals surface area contributed by atoms with Crippen LogP contribution in [-0.2, 0) is 4.79 Å². The summed E-state index contributed by atoms with van der Waals surface area (Å²) in [6.07, 6.45) is 1.29. The van der Waals surface area contributed by atoms with Crippen LogP contribution in [0.1, 0.15) is 12.8 Å². The van der Waals surface area contributed by atoms with E-state index in [-0.39, 0.29) is 28.3 Å². The second-order valence-electron chi connectivity index (χ2n) is 4.66. The Balaban J connectivity index is 1.93. The molecule has 1 fully saturated rings. The van der Waals surface area contributed by atoms with Crippen molar-refractivity contribution in [3.05, 3.63) is 24.3 Å². The van der Waals surface area contributed by atoms with Gasteiger partial charge >= 0.3 is 11.5 Å². The van der Waals surface area contributed by atoms with Crippen molar-refractivity contribution >= 4 is 29.4 Å². The zero-order chi connectivity index (χ0) is 16.2. The summed E-state index contributed by atoms with van der Waals surface area (Å²) in [5.74, 6) is -0.261. The molecular weight excluding hydrogens is 319 g/mol. The molecule has 3 N–H and O–H groups in total. The predicted octanol–water partition coefficient (Wildman–Crippen LogP) is 2.70. The van der Waals surface area contributed by atoms with Gasteiger partial charge in [-0.05, 0) is 42.8 Å². The van der Waals surface area contributed by atoms with Gasteiger partial charge in [0.15, 0.2) is 0 Å². The summed E-state index contributed by atoms with van der Waals surface area (Å²) < 4.78 is 36.9. The monoisotopic (exact) mass is 333 g/mol. The summed E-state index contributed by atoms with van der Waals surface area (Å²) in [6, 6.07) is 4.16. The number of carbonyl (C=O) groups is 2. The van der Waals surface area contributed by atoms with Crippen molar-refractivity contribution in [3.8, 4) is 0 Å². The van der Waals surface area contributed by atoms with E-state index in [9.17, 15) is 22.8 Å². The van der Waals surface area contributed by atoms with Crippen molar-refractivity contribution in [2.24, 2.45) is 0 Å². The molecule has 22 heavy (non-hydrogen) atoms. The topological polar surface area (TPSA) is 70.2 Å².